The van der Waals surface area contributed by atoms with E-state index in [0.29, 0.717) is 5.75 Å². The number of phenolic OH excluding ortho intramolecular Hbond substituents is 1. The lowest BCUT2D eigenvalue weighted by molar-refractivity contribution is 0.481. The number of hydrogen-bond donors (Lipinski definition) is 2. The average molecular weight is 313 g/mol. The highest BCUT2D eigenvalue weighted by Gasteiger charge is 2.10. The number of phenols is 1. The lowest BCUT2D eigenvalue weighted by Crippen LogP contribution is -1.94. The molecule has 0 saturated carbocycles. The Bertz CT molecular complexity index is 1070. The maximum Gasteiger partial charge on any atom is 0.123 e. The maximum atomic E-state index is 10.4. The van der Waals surface area contributed by atoms with Crippen LogP contribution < -0.4 is 5.73 Å². The fourth-order valence-corrected chi connectivity index (χ4v) is 3.51. The Morgan fingerprint density at radius 2 is 1.46 bits per heavy atom. The Balaban J connectivity index is 1.93. The second-order valence-corrected chi connectivity index (χ2v) is 6.28. The van der Waals surface area contributed by atoms with Gasteiger partial charge in [0.15, 0.2) is 0 Å². The van der Waals surface area contributed by atoms with Gasteiger partial charge in [-0.2, -0.15) is 0 Å². The Morgan fingerprint density at radius 1 is 0.750 bits per heavy atom. The molecule has 0 aliphatic rings. The summed E-state index contributed by atoms with van der Waals surface area (Å²) in [6.07, 6.45) is 0.759. The molecule has 4 aromatic carbocycles. The third-order valence-corrected chi connectivity index (χ3v) is 4.75. The summed E-state index contributed by atoms with van der Waals surface area (Å²) in [4.78, 5) is 0. The molecule has 24 heavy (non-hydrogen) atoms. The zero-order valence-electron chi connectivity index (χ0n) is 13.6. The standard InChI is InChI=1S/C22H19NO/c1-14-11-12-16(22-17(14)6-4-10-21(22)24)13-15-5-2-8-19-18(15)7-3-9-20(19)23/h2-12,24H,13,23H2,1H3. The van der Waals surface area contributed by atoms with Crippen LogP contribution in [-0.2, 0) is 6.42 Å². The molecule has 2 heteroatoms. The summed E-state index contributed by atoms with van der Waals surface area (Å²) >= 11 is 0. The van der Waals surface area contributed by atoms with E-state index in [1.165, 1.54) is 16.5 Å². The smallest absolute Gasteiger partial charge is 0.123 e. The van der Waals surface area contributed by atoms with Crippen LogP contribution in [0.15, 0.2) is 66.7 Å². The van der Waals surface area contributed by atoms with Gasteiger partial charge in [0.05, 0.1) is 0 Å². The first-order valence-electron chi connectivity index (χ1n) is 8.11. The summed E-state index contributed by atoms with van der Waals surface area (Å²) in [5.41, 5.74) is 10.4. The molecule has 0 saturated heterocycles. The van der Waals surface area contributed by atoms with Crippen LogP contribution in [0.1, 0.15) is 16.7 Å². The molecule has 0 radical (unpaired) electrons. The Kier molecular flexibility index (Phi) is 3.39. The molecule has 0 spiro atoms. The van der Waals surface area contributed by atoms with Crippen LogP contribution in [0.3, 0.4) is 0 Å². The lowest BCUT2D eigenvalue weighted by atomic mass is 9.93. The summed E-state index contributed by atoms with van der Waals surface area (Å²) in [5.74, 6) is 0.339. The number of aromatic hydroxyl groups is 1. The van der Waals surface area contributed by atoms with E-state index in [0.717, 1.165) is 33.8 Å². The Hall–Kier alpha value is -3.00. The van der Waals surface area contributed by atoms with Crippen LogP contribution in [0.5, 0.6) is 5.75 Å². The molecular formula is C22H19NO. The van der Waals surface area contributed by atoms with Crippen molar-refractivity contribution in [2.24, 2.45) is 0 Å². The van der Waals surface area contributed by atoms with Crippen molar-refractivity contribution in [2.75, 3.05) is 5.73 Å². The lowest BCUT2D eigenvalue weighted by Gasteiger charge is -2.13. The van der Waals surface area contributed by atoms with Crippen molar-refractivity contribution in [1.82, 2.24) is 0 Å². The number of nitrogen functional groups attached to an aromatic ring is 1. The van der Waals surface area contributed by atoms with Crippen LogP contribution in [0, 0.1) is 6.92 Å². The van der Waals surface area contributed by atoms with E-state index in [1.54, 1.807) is 6.07 Å². The molecule has 0 amide bonds. The van der Waals surface area contributed by atoms with Gasteiger partial charge in [0.2, 0.25) is 0 Å². The number of nitrogens with two attached hydrogens (primary N) is 1. The van der Waals surface area contributed by atoms with Crippen molar-refractivity contribution in [2.45, 2.75) is 13.3 Å². The van der Waals surface area contributed by atoms with E-state index in [1.807, 2.05) is 24.3 Å². The number of hydrogen-bond acceptors (Lipinski definition) is 2. The van der Waals surface area contributed by atoms with Crippen LogP contribution in [0.25, 0.3) is 21.5 Å². The molecule has 0 aromatic heterocycles. The predicted octanol–water partition coefficient (Wildman–Crippen LogP) is 5.18. The fraction of sp³-hybridized carbons (Fsp3) is 0.0909. The third kappa shape index (κ3) is 2.28. The van der Waals surface area contributed by atoms with E-state index < -0.39 is 0 Å². The number of anilines is 1. The van der Waals surface area contributed by atoms with E-state index in [-0.39, 0.29) is 0 Å². The minimum absolute atomic E-state index is 0.339. The highest BCUT2D eigenvalue weighted by molar-refractivity contribution is 5.97. The van der Waals surface area contributed by atoms with Gasteiger partial charge in [-0.1, -0.05) is 54.6 Å². The molecule has 0 unspecified atom stereocenters. The number of rotatable bonds is 2. The minimum atomic E-state index is 0.339. The van der Waals surface area contributed by atoms with E-state index in [9.17, 15) is 5.11 Å². The number of aryl methyl sites for hydroxylation is 1. The minimum Gasteiger partial charge on any atom is -0.507 e. The summed E-state index contributed by atoms with van der Waals surface area (Å²) < 4.78 is 0. The predicted molar refractivity (Wildman–Crippen MR) is 102 cm³/mol. The second-order valence-electron chi connectivity index (χ2n) is 6.28. The van der Waals surface area contributed by atoms with E-state index in [4.69, 9.17) is 5.73 Å². The van der Waals surface area contributed by atoms with Crippen LogP contribution >= 0.6 is 0 Å². The quantitative estimate of drug-likeness (QED) is 0.501. The second kappa shape index (κ2) is 5.57. The molecule has 0 bridgehead atoms. The molecular weight excluding hydrogens is 294 g/mol. The average Bonchev–Trinajstić information content (AvgIpc) is 2.58. The third-order valence-electron chi connectivity index (χ3n) is 4.75. The summed E-state index contributed by atoms with van der Waals surface area (Å²) in [7, 11) is 0. The van der Waals surface area contributed by atoms with Gasteiger partial charge in [0.1, 0.15) is 5.75 Å². The first-order chi connectivity index (χ1) is 11.6. The van der Waals surface area contributed by atoms with Gasteiger partial charge in [-0.15, -0.1) is 0 Å². The Labute approximate surface area is 141 Å². The number of benzene rings is 4. The molecule has 3 N–H and O–H groups in total. The van der Waals surface area contributed by atoms with Gasteiger partial charge in [-0.3, -0.25) is 0 Å². The SMILES string of the molecule is Cc1ccc(Cc2cccc3c(N)cccc23)c2c(O)cccc12. The highest BCUT2D eigenvalue weighted by atomic mass is 16.3. The van der Waals surface area contributed by atoms with Crippen molar-refractivity contribution in [3.05, 3.63) is 83.4 Å². The van der Waals surface area contributed by atoms with Gasteiger partial charge in [0, 0.05) is 16.5 Å². The van der Waals surface area contributed by atoms with Crippen molar-refractivity contribution >= 4 is 27.2 Å². The molecule has 0 atom stereocenters. The molecule has 4 aromatic rings. The summed E-state index contributed by atoms with van der Waals surface area (Å²) in [6, 6.07) is 22.2. The molecule has 0 aliphatic carbocycles. The number of fused-ring (bicyclic) bond motifs is 2. The summed E-state index contributed by atoms with van der Waals surface area (Å²) in [6.45, 7) is 2.07. The molecule has 4 rings (SSSR count). The zero-order valence-corrected chi connectivity index (χ0v) is 13.6. The maximum absolute atomic E-state index is 10.4. The van der Waals surface area contributed by atoms with Crippen molar-refractivity contribution in [3.63, 3.8) is 0 Å². The van der Waals surface area contributed by atoms with Gasteiger partial charge < -0.3 is 10.8 Å². The summed E-state index contributed by atoms with van der Waals surface area (Å²) in [5, 5.41) is 14.7. The van der Waals surface area contributed by atoms with Crippen molar-refractivity contribution in [1.29, 1.82) is 0 Å². The van der Waals surface area contributed by atoms with Crippen LogP contribution in [0.4, 0.5) is 5.69 Å². The molecule has 2 nitrogen and oxygen atoms in total. The largest absolute Gasteiger partial charge is 0.507 e. The van der Waals surface area contributed by atoms with Crippen LogP contribution in [0.2, 0.25) is 0 Å². The normalized spacial score (nSPS) is 11.2. The first-order valence-corrected chi connectivity index (χ1v) is 8.11. The molecule has 0 fully saturated rings. The van der Waals surface area contributed by atoms with Gasteiger partial charge in [-0.25, -0.2) is 0 Å². The topological polar surface area (TPSA) is 46.2 Å². The van der Waals surface area contributed by atoms with Gasteiger partial charge >= 0.3 is 0 Å². The molecule has 118 valence electrons. The molecule has 0 aliphatic heterocycles. The first kappa shape index (κ1) is 14.6. The highest BCUT2D eigenvalue weighted by Crippen LogP contribution is 2.33. The van der Waals surface area contributed by atoms with Crippen LogP contribution in [-0.4, -0.2) is 5.11 Å². The van der Waals surface area contributed by atoms with E-state index in [2.05, 4.69) is 43.3 Å². The Morgan fingerprint density at radius 3 is 2.33 bits per heavy atom. The zero-order chi connectivity index (χ0) is 16.7. The van der Waals surface area contributed by atoms with Gasteiger partial charge in [-0.05, 0) is 52.9 Å². The monoisotopic (exact) mass is 313 g/mol. The van der Waals surface area contributed by atoms with Crippen molar-refractivity contribution in [3.8, 4) is 5.75 Å². The van der Waals surface area contributed by atoms with E-state index >= 15 is 0 Å². The van der Waals surface area contributed by atoms with Crippen molar-refractivity contribution < 1.29 is 5.11 Å². The fourth-order valence-electron chi connectivity index (χ4n) is 3.51. The van der Waals surface area contributed by atoms with Gasteiger partial charge in [0.25, 0.3) is 0 Å². The molecule has 0 heterocycles.